The number of aromatic carboxylic acids is 1. The highest BCUT2D eigenvalue weighted by molar-refractivity contribution is 7.88. The van der Waals surface area contributed by atoms with Crippen molar-refractivity contribution in [1.82, 2.24) is 9.62 Å². The van der Waals surface area contributed by atoms with Crippen molar-refractivity contribution in [3.63, 3.8) is 0 Å². The van der Waals surface area contributed by atoms with Crippen LogP contribution in [0.4, 0.5) is 0 Å². The summed E-state index contributed by atoms with van der Waals surface area (Å²) in [6, 6.07) is 7.12. The first-order valence-corrected chi connectivity index (χ1v) is 8.72. The molecule has 0 atom stereocenters. The second-order valence-electron chi connectivity index (χ2n) is 5.28. The zero-order valence-electron chi connectivity index (χ0n) is 11.9. The van der Waals surface area contributed by atoms with Crippen molar-refractivity contribution in [2.24, 2.45) is 0 Å². The number of hydrogen-bond acceptors (Lipinski definition) is 4. The van der Waals surface area contributed by atoms with Crippen LogP contribution < -0.4 is 5.32 Å². The molecule has 6 nitrogen and oxygen atoms in total. The van der Waals surface area contributed by atoms with Crippen molar-refractivity contribution in [3.8, 4) is 0 Å². The lowest BCUT2D eigenvalue weighted by Crippen LogP contribution is -2.44. The number of hydrogen-bond donors (Lipinski definition) is 2. The van der Waals surface area contributed by atoms with Crippen molar-refractivity contribution >= 4 is 16.0 Å². The Kier molecular flexibility index (Phi) is 4.97. The summed E-state index contributed by atoms with van der Waals surface area (Å²) in [6.45, 7) is 1.50. The maximum atomic E-state index is 11.4. The van der Waals surface area contributed by atoms with Crippen LogP contribution in [0.3, 0.4) is 0 Å². The highest BCUT2D eigenvalue weighted by atomic mass is 32.2. The van der Waals surface area contributed by atoms with Gasteiger partial charge in [0.1, 0.15) is 0 Å². The maximum absolute atomic E-state index is 11.4. The smallest absolute Gasteiger partial charge is 0.336 e. The predicted molar refractivity (Wildman–Crippen MR) is 79.7 cm³/mol. The third-order valence-electron chi connectivity index (χ3n) is 3.75. The van der Waals surface area contributed by atoms with Crippen LogP contribution in [0.25, 0.3) is 0 Å². The molecular weight excluding hydrogens is 292 g/mol. The average Bonchev–Trinajstić information content (AvgIpc) is 2.45. The van der Waals surface area contributed by atoms with E-state index >= 15 is 0 Å². The molecule has 116 valence electrons. The van der Waals surface area contributed by atoms with Crippen LogP contribution in [0.2, 0.25) is 0 Å². The molecule has 1 fully saturated rings. The second kappa shape index (κ2) is 6.55. The molecule has 0 aromatic heterocycles. The summed E-state index contributed by atoms with van der Waals surface area (Å²) in [6.07, 6.45) is 2.70. The first-order chi connectivity index (χ1) is 9.88. The third kappa shape index (κ3) is 4.26. The third-order valence-corrected chi connectivity index (χ3v) is 5.06. The van der Waals surface area contributed by atoms with Gasteiger partial charge < -0.3 is 10.4 Å². The van der Waals surface area contributed by atoms with Gasteiger partial charge in [0.2, 0.25) is 10.0 Å². The Hall–Kier alpha value is -1.44. The van der Waals surface area contributed by atoms with Crippen LogP contribution in [0.1, 0.15) is 28.8 Å². The molecule has 1 heterocycles. The van der Waals surface area contributed by atoms with Gasteiger partial charge in [-0.05, 0) is 24.5 Å². The van der Waals surface area contributed by atoms with Gasteiger partial charge in [0.15, 0.2) is 0 Å². The van der Waals surface area contributed by atoms with E-state index < -0.39 is 16.0 Å². The van der Waals surface area contributed by atoms with Gasteiger partial charge in [-0.2, -0.15) is 0 Å². The Morgan fingerprint density at radius 3 is 2.52 bits per heavy atom. The predicted octanol–water partition coefficient (Wildman–Crippen LogP) is 0.898. The van der Waals surface area contributed by atoms with Gasteiger partial charge in [0.05, 0.1) is 11.8 Å². The lowest BCUT2D eigenvalue weighted by molar-refractivity contribution is 0.0695. The molecule has 0 aliphatic carbocycles. The summed E-state index contributed by atoms with van der Waals surface area (Å²) in [7, 11) is -3.11. The zero-order valence-corrected chi connectivity index (χ0v) is 12.8. The molecule has 0 saturated carbocycles. The molecule has 21 heavy (non-hydrogen) atoms. The molecule has 0 amide bonds. The molecule has 1 saturated heterocycles. The normalized spacial score (nSPS) is 17.8. The molecule has 7 heteroatoms. The maximum Gasteiger partial charge on any atom is 0.336 e. The van der Waals surface area contributed by atoms with Crippen LogP contribution in [0, 0.1) is 0 Å². The minimum atomic E-state index is -3.11. The second-order valence-corrected chi connectivity index (χ2v) is 7.26. The summed E-state index contributed by atoms with van der Waals surface area (Å²) >= 11 is 0. The summed E-state index contributed by atoms with van der Waals surface area (Å²) in [5.41, 5.74) is 1.05. The molecule has 1 aliphatic heterocycles. The van der Waals surface area contributed by atoms with Crippen molar-refractivity contribution in [1.29, 1.82) is 0 Å². The Labute approximate surface area is 124 Å². The van der Waals surface area contributed by atoms with E-state index in [2.05, 4.69) is 5.32 Å². The topological polar surface area (TPSA) is 86.7 Å². The van der Waals surface area contributed by atoms with Crippen molar-refractivity contribution < 1.29 is 18.3 Å². The first-order valence-electron chi connectivity index (χ1n) is 6.87. The Morgan fingerprint density at radius 1 is 1.33 bits per heavy atom. The fraction of sp³-hybridized carbons (Fsp3) is 0.500. The number of rotatable bonds is 5. The Morgan fingerprint density at radius 2 is 1.95 bits per heavy atom. The largest absolute Gasteiger partial charge is 0.478 e. The Balaban J connectivity index is 1.90. The van der Waals surface area contributed by atoms with Gasteiger partial charge >= 0.3 is 5.97 Å². The summed E-state index contributed by atoms with van der Waals surface area (Å²) in [5.74, 6) is -0.931. The van der Waals surface area contributed by atoms with Crippen LogP contribution >= 0.6 is 0 Å². The molecule has 1 aliphatic rings. The molecule has 0 bridgehead atoms. The van der Waals surface area contributed by atoms with E-state index in [0.717, 1.165) is 18.4 Å². The highest BCUT2D eigenvalue weighted by Crippen LogP contribution is 2.15. The SMILES string of the molecule is CS(=O)(=O)N1CCC(NCc2ccccc2C(=O)O)CC1. The molecule has 1 aromatic carbocycles. The van der Waals surface area contributed by atoms with Gasteiger partial charge in [0, 0.05) is 25.7 Å². The van der Waals surface area contributed by atoms with Crippen LogP contribution in [-0.4, -0.2) is 49.2 Å². The van der Waals surface area contributed by atoms with Crippen molar-refractivity contribution in [2.75, 3.05) is 19.3 Å². The van der Waals surface area contributed by atoms with E-state index in [1.165, 1.54) is 10.6 Å². The monoisotopic (exact) mass is 312 g/mol. The van der Waals surface area contributed by atoms with E-state index in [1.807, 2.05) is 6.07 Å². The summed E-state index contributed by atoms with van der Waals surface area (Å²) in [4.78, 5) is 11.1. The molecule has 2 rings (SSSR count). The van der Waals surface area contributed by atoms with Gasteiger partial charge in [-0.3, -0.25) is 0 Å². The number of nitrogens with one attached hydrogen (secondary N) is 1. The lowest BCUT2D eigenvalue weighted by atomic mass is 10.0. The number of carbonyl (C=O) groups is 1. The Bertz CT molecular complexity index is 607. The molecule has 1 aromatic rings. The van der Waals surface area contributed by atoms with E-state index in [9.17, 15) is 13.2 Å². The minimum Gasteiger partial charge on any atom is -0.478 e. The summed E-state index contributed by atoms with van der Waals surface area (Å²) < 4.78 is 24.3. The molecule has 2 N–H and O–H groups in total. The van der Waals surface area contributed by atoms with E-state index in [1.54, 1.807) is 18.2 Å². The number of sulfonamides is 1. The van der Waals surface area contributed by atoms with Gasteiger partial charge in [0.25, 0.3) is 0 Å². The van der Waals surface area contributed by atoms with Crippen LogP contribution in [0.15, 0.2) is 24.3 Å². The van der Waals surface area contributed by atoms with Gasteiger partial charge in [-0.1, -0.05) is 18.2 Å². The number of nitrogens with zero attached hydrogens (tertiary/aromatic N) is 1. The highest BCUT2D eigenvalue weighted by Gasteiger charge is 2.24. The number of piperidine rings is 1. The molecule has 0 unspecified atom stereocenters. The standard InChI is InChI=1S/C14H20N2O4S/c1-21(19,20)16-8-6-12(7-9-16)15-10-11-4-2-3-5-13(11)14(17)18/h2-5,12,15H,6-10H2,1H3,(H,17,18). The number of carboxylic acids is 1. The van der Waals surface area contributed by atoms with E-state index in [-0.39, 0.29) is 6.04 Å². The molecular formula is C14H20N2O4S. The number of carboxylic acid groups (broad SMARTS) is 1. The van der Waals surface area contributed by atoms with Crippen molar-refractivity contribution in [2.45, 2.75) is 25.4 Å². The van der Waals surface area contributed by atoms with Gasteiger partial charge in [-0.25, -0.2) is 17.5 Å². The zero-order chi connectivity index (χ0) is 15.5. The summed E-state index contributed by atoms with van der Waals surface area (Å²) in [5, 5.41) is 12.4. The minimum absolute atomic E-state index is 0.213. The lowest BCUT2D eigenvalue weighted by Gasteiger charge is -2.30. The fourth-order valence-electron chi connectivity index (χ4n) is 2.53. The molecule has 0 spiro atoms. The quantitative estimate of drug-likeness (QED) is 0.843. The van der Waals surface area contributed by atoms with Crippen LogP contribution in [0.5, 0.6) is 0 Å². The molecule has 0 radical (unpaired) electrons. The first kappa shape index (κ1) is 15.9. The van der Waals surface area contributed by atoms with E-state index in [4.69, 9.17) is 5.11 Å². The average molecular weight is 312 g/mol. The fourth-order valence-corrected chi connectivity index (χ4v) is 3.40. The van der Waals surface area contributed by atoms with E-state index in [0.29, 0.717) is 25.2 Å². The van der Waals surface area contributed by atoms with Crippen molar-refractivity contribution in [3.05, 3.63) is 35.4 Å². The number of benzene rings is 1. The van der Waals surface area contributed by atoms with Gasteiger partial charge in [-0.15, -0.1) is 0 Å². The van der Waals surface area contributed by atoms with Crippen LogP contribution in [-0.2, 0) is 16.6 Å².